The van der Waals surface area contributed by atoms with Crippen LogP contribution in [0.3, 0.4) is 0 Å². The van der Waals surface area contributed by atoms with Crippen LogP contribution >= 0.6 is 0 Å². The summed E-state index contributed by atoms with van der Waals surface area (Å²) in [6, 6.07) is -0.339. The highest BCUT2D eigenvalue weighted by Crippen LogP contribution is 2.07. The molecule has 0 fully saturated rings. The number of carbonyl (C=O) groups excluding carboxylic acids is 1. The van der Waals surface area contributed by atoms with Gasteiger partial charge < -0.3 is 4.74 Å². The molecule has 1 aromatic rings. The van der Waals surface area contributed by atoms with Gasteiger partial charge in [-0.2, -0.15) is 5.10 Å². The molecule has 0 N–H and O–H groups in total. The van der Waals surface area contributed by atoms with Crippen molar-refractivity contribution in [3.63, 3.8) is 0 Å². The maximum Gasteiger partial charge on any atom is 0.330 e. The third-order valence-electron chi connectivity index (χ3n) is 1.76. The third-order valence-corrected chi connectivity index (χ3v) is 1.76. The van der Waals surface area contributed by atoms with Gasteiger partial charge >= 0.3 is 5.97 Å². The van der Waals surface area contributed by atoms with Crippen LogP contribution in [0, 0.1) is 6.92 Å². The van der Waals surface area contributed by atoms with Crippen molar-refractivity contribution in [3.8, 4) is 0 Å². The van der Waals surface area contributed by atoms with Crippen molar-refractivity contribution in [2.75, 3.05) is 6.61 Å². The lowest BCUT2D eigenvalue weighted by Gasteiger charge is -2.10. The van der Waals surface area contributed by atoms with Gasteiger partial charge in [-0.25, -0.2) is 4.79 Å². The first-order valence-corrected chi connectivity index (χ1v) is 4.32. The predicted octanol–water partition coefficient (Wildman–Crippen LogP) is 1.32. The monoisotopic (exact) mass is 182 g/mol. The summed E-state index contributed by atoms with van der Waals surface area (Å²) in [6.45, 7) is 5.90. The van der Waals surface area contributed by atoms with Gasteiger partial charge in [-0.05, 0) is 26.3 Å². The number of esters is 1. The summed E-state index contributed by atoms with van der Waals surface area (Å²) < 4.78 is 6.47. The SMILES string of the molecule is CCOC(=O)C(C)n1cc(C)cn1. The van der Waals surface area contributed by atoms with Gasteiger partial charge in [-0.3, -0.25) is 4.68 Å². The Morgan fingerprint density at radius 2 is 2.46 bits per heavy atom. The van der Waals surface area contributed by atoms with E-state index in [1.165, 1.54) is 0 Å². The van der Waals surface area contributed by atoms with E-state index in [-0.39, 0.29) is 12.0 Å². The van der Waals surface area contributed by atoms with E-state index < -0.39 is 0 Å². The first kappa shape index (κ1) is 9.77. The topological polar surface area (TPSA) is 44.1 Å². The molecule has 0 aromatic carbocycles. The molecule has 1 aromatic heterocycles. The molecular weight excluding hydrogens is 168 g/mol. The minimum absolute atomic E-state index is 0.245. The second-order valence-electron chi connectivity index (χ2n) is 2.93. The van der Waals surface area contributed by atoms with Crippen molar-refractivity contribution >= 4 is 5.97 Å². The summed E-state index contributed by atoms with van der Waals surface area (Å²) in [6.07, 6.45) is 3.54. The van der Waals surface area contributed by atoms with Crippen LogP contribution < -0.4 is 0 Å². The molecule has 0 aliphatic carbocycles. The molecular formula is C9H14N2O2. The van der Waals surface area contributed by atoms with Crippen LogP contribution in [0.25, 0.3) is 0 Å². The highest BCUT2D eigenvalue weighted by Gasteiger charge is 2.15. The molecule has 0 aliphatic rings. The normalized spacial score (nSPS) is 12.5. The molecule has 4 nitrogen and oxygen atoms in total. The Morgan fingerprint density at radius 3 is 2.92 bits per heavy atom. The highest BCUT2D eigenvalue weighted by atomic mass is 16.5. The van der Waals surface area contributed by atoms with Crippen LogP contribution in [0.1, 0.15) is 25.5 Å². The fourth-order valence-corrected chi connectivity index (χ4v) is 1.02. The second-order valence-corrected chi connectivity index (χ2v) is 2.93. The number of ether oxygens (including phenoxy) is 1. The first-order valence-electron chi connectivity index (χ1n) is 4.32. The van der Waals surface area contributed by atoms with Crippen molar-refractivity contribution in [1.82, 2.24) is 9.78 Å². The maximum absolute atomic E-state index is 11.3. The number of hydrogen-bond acceptors (Lipinski definition) is 3. The Morgan fingerprint density at radius 1 is 1.77 bits per heavy atom. The number of nitrogens with zero attached hydrogens (tertiary/aromatic N) is 2. The Balaban J connectivity index is 2.67. The van der Waals surface area contributed by atoms with Crippen LogP contribution in [0.15, 0.2) is 12.4 Å². The van der Waals surface area contributed by atoms with Crippen LogP contribution in [-0.2, 0) is 9.53 Å². The summed E-state index contributed by atoms with van der Waals surface area (Å²) in [7, 11) is 0. The van der Waals surface area contributed by atoms with Gasteiger partial charge in [0.25, 0.3) is 0 Å². The van der Waals surface area contributed by atoms with E-state index in [2.05, 4.69) is 5.10 Å². The Hall–Kier alpha value is -1.32. The Kier molecular flexibility index (Phi) is 3.06. The van der Waals surface area contributed by atoms with Crippen molar-refractivity contribution in [2.45, 2.75) is 26.8 Å². The predicted molar refractivity (Wildman–Crippen MR) is 48.3 cm³/mol. The molecule has 0 saturated carbocycles. The van der Waals surface area contributed by atoms with Crippen LogP contribution in [-0.4, -0.2) is 22.4 Å². The maximum atomic E-state index is 11.3. The molecule has 13 heavy (non-hydrogen) atoms. The molecule has 4 heteroatoms. The summed E-state index contributed by atoms with van der Waals surface area (Å²) in [5.74, 6) is -0.245. The molecule has 1 atom stereocenters. The van der Waals surface area contributed by atoms with E-state index in [1.54, 1.807) is 24.7 Å². The number of aromatic nitrogens is 2. The molecule has 0 spiro atoms. The third kappa shape index (κ3) is 2.31. The van der Waals surface area contributed by atoms with Gasteiger partial charge in [0.1, 0.15) is 6.04 Å². The minimum Gasteiger partial charge on any atom is -0.464 e. The first-order chi connectivity index (χ1) is 6.15. The van der Waals surface area contributed by atoms with Crippen LogP contribution in [0.5, 0.6) is 0 Å². The zero-order valence-electron chi connectivity index (χ0n) is 8.15. The molecule has 0 amide bonds. The molecule has 1 heterocycles. The van der Waals surface area contributed by atoms with Crippen molar-refractivity contribution in [1.29, 1.82) is 0 Å². The van der Waals surface area contributed by atoms with Gasteiger partial charge in [-0.15, -0.1) is 0 Å². The van der Waals surface area contributed by atoms with E-state index in [0.717, 1.165) is 5.56 Å². The van der Waals surface area contributed by atoms with Crippen LogP contribution in [0.2, 0.25) is 0 Å². The zero-order chi connectivity index (χ0) is 9.84. The Labute approximate surface area is 77.5 Å². The molecule has 0 radical (unpaired) electrons. The van der Waals surface area contributed by atoms with Crippen LogP contribution in [0.4, 0.5) is 0 Å². The molecule has 72 valence electrons. The van der Waals surface area contributed by atoms with Crippen molar-refractivity contribution < 1.29 is 9.53 Å². The van der Waals surface area contributed by atoms with Gasteiger partial charge in [0.15, 0.2) is 0 Å². The quantitative estimate of drug-likeness (QED) is 0.662. The number of hydrogen-bond donors (Lipinski definition) is 0. The van der Waals surface area contributed by atoms with Gasteiger partial charge in [0.05, 0.1) is 12.8 Å². The second kappa shape index (κ2) is 4.07. The summed E-state index contributed by atoms with van der Waals surface area (Å²) >= 11 is 0. The molecule has 0 aliphatic heterocycles. The van der Waals surface area contributed by atoms with Gasteiger partial charge in [-0.1, -0.05) is 0 Å². The summed E-state index contributed by atoms with van der Waals surface area (Å²) in [4.78, 5) is 11.3. The van der Waals surface area contributed by atoms with E-state index in [9.17, 15) is 4.79 Å². The number of aryl methyl sites for hydroxylation is 1. The lowest BCUT2D eigenvalue weighted by molar-refractivity contribution is -0.146. The molecule has 1 unspecified atom stereocenters. The van der Waals surface area contributed by atoms with E-state index in [4.69, 9.17) is 4.74 Å². The summed E-state index contributed by atoms with van der Waals surface area (Å²) in [5.41, 5.74) is 1.04. The van der Waals surface area contributed by atoms with Crippen molar-refractivity contribution in [3.05, 3.63) is 18.0 Å². The standard InChI is InChI=1S/C9H14N2O2/c1-4-13-9(12)8(3)11-6-7(2)5-10-11/h5-6,8H,4H2,1-3H3. The van der Waals surface area contributed by atoms with Gasteiger partial charge in [0.2, 0.25) is 0 Å². The smallest absolute Gasteiger partial charge is 0.330 e. The fraction of sp³-hybridized carbons (Fsp3) is 0.556. The average Bonchev–Trinajstić information content (AvgIpc) is 2.51. The molecule has 1 rings (SSSR count). The van der Waals surface area contributed by atoms with E-state index in [1.807, 2.05) is 13.1 Å². The zero-order valence-corrected chi connectivity index (χ0v) is 8.15. The van der Waals surface area contributed by atoms with E-state index >= 15 is 0 Å². The van der Waals surface area contributed by atoms with Gasteiger partial charge in [0, 0.05) is 6.20 Å². The average molecular weight is 182 g/mol. The fourth-order valence-electron chi connectivity index (χ4n) is 1.02. The molecule has 0 bridgehead atoms. The summed E-state index contributed by atoms with van der Waals surface area (Å²) in [5, 5.41) is 4.03. The number of carbonyl (C=O) groups is 1. The van der Waals surface area contributed by atoms with E-state index in [0.29, 0.717) is 6.61 Å². The lowest BCUT2D eigenvalue weighted by atomic mass is 10.3. The Bertz CT molecular complexity index is 294. The van der Waals surface area contributed by atoms with Crippen molar-refractivity contribution in [2.24, 2.45) is 0 Å². The highest BCUT2D eigenvalue weighted by molar-refractivity contribution is 5.73. The largest absolute Gasteiger partial charge is 0.464 e. The minimum atomic E-state index is -0.339. The lowest BCUT2D eigenvalue weighted by Crippen LogP contribution is -2.19. The number of rotatable bonds is 3. The molecule has 0 saturated heterocycles.